The number of halogens is 1. The number of primary amides is 1. The fraction of sp³-hybridized carbons (Fsp3) is 0.182. The minimum Gasteiger partial charge on any atom is -0.364 e. The van der Waals surface area contributed by atoms with Gasteiger partial charge in [-0.1, -0.05) is 12.1 Å². The summed E-state index contributed by atoms with van der Waals surface area (Å²) in [5.41, 5.74) is 7.44. The van der Waals surface area contributed by atoms with E-state index >= 15 is 0 Å². The fourth-order valence-electron chi connectivity index (χ4n) is 4.00. The van der Waals surface area contributed by atoms with E-state index in [9.17, 15) is 18.8 Å². The summed E-state index contributed by atoms with van der Waals surface area (Å²) in [5.74, 6) is -1.68. The number of aromatic nitrogens is 2. The van der Waals surface area contributed by atoms with E-state index in [1.807, 2.05) is 0 Å². The summed E-state index contributed by atoms with van der Waals surface area (Å²) in [6, 6.07) is 13.0. The molecular formula is C22H18FN5O3. The van der Waals surface area contributed by atoms with E-state index in [2.05, 4.69) is 5.10 Å². The van der Waals surface area contributed by atoms with Gasteiger partial charge >= 0.3 is 0 Å². The van der Waals surface area contributed by atoms with Gasteiger partial charge in [-0.25, -0.2) is 9.07 Å². The Balaban J connectivity index is 1.55. The number of anilines is 2. The van der Waals surface area contributed by atoms with Crippen molar-refractivity contribution in [2.75, 3.05) is 22.9 Å². The van der Waals surface area contributed by atoms with Gasteiger partial charge in [0.25, 0.3) is 11.8 Å². The van der Waals surface area contributed by atoms with Gasteiger partial charge in [0.2, 0.25) is 5.91 Å². The highest BCUT2D eigenvalue weighted by Crippen LogP contribution is 2.31. The van der Waals surface area contributed by atoms with Crippen LogP contribution in [-0.4, -0.2) is 40.6 Å². The maximum atomic E-state index is 14.5. The van der Waals surface area contributed by atoms with E-state index in [4.69, 9.17) is 5.73 Å². The first-order valence-corrected chi connectivity index (χ1v) is 9.84. The molecule has 0 radical (unpaired) electrons. The normalized spacial score (nSPS) is 15.6. The summed E-state index contributed by atoms with van der Waals surface area (Å²) in [7, 11) is 0. The number of amides is 3. The molecule has 1 fully saturated rings. The second-order valence-electron chi connectivity index (χ2n) is 7.42. The fourth-order valence-corrected chi connectivity index (χ4v) is 4.00. The molecule has 1 aromatic heterocycles. The molecule has 0 atom stereocenters. The molecule has 5 rings (SSSR count). The number of carbonyl (C=O) groups is 3. The first kappa shape index (κ1) is 19.0. The van der Waals surface area contributed by atoms with E-state index in [0.717, 1.165) is 10.4 Å². The second kappa shape index (κ2) is 7.05. The molecule has 9 heteroatoms. The van der Waals surface area contributed by atoms with Crippen LogP contribution in [0.4, 0.5) is 15.8 Å². The molecule has 0 bridgehead atoms. The molecule has 3 amide bonds. The van der Waals surface area contributed by atoms with Crippen LogP contribution in [0, 0.1) is 5.82 Å². The lowest BCUT2D eigenvalue weighted by atomic mass is 10.0. The van der Waals surface area contributed by atoms with Crippen molar-refractivity contribution in [1.29, 1.82) is 0 Å². The molecule has 3 aromatic rings. The molecule has 0 aliphatic carbocycles. The number of fused-ring (bicyclic) bond motifs is 1. The number of nitrogens with two attached hydrogens (primary N) is 1. The van der Waals surface area contributed by atoms with Crippen LogP contribution in [0.15, 0.2) is 48.5 Å². The lowest BCUT2D eigenvalue weighted by molar-refractivity contribution is -0.122. The van der Waals surface area contributed by atoms with Crippen LogP contribution in [0.5, 0.6) is 0 Å². The highest BCUT2D eigenvalue weighted by Gasteiger charge is 2.35. The van der Waals surface area contributed by atoms with Crippen molar-refractivity contribution >= 4 is 29.1 Å². The first-order valence-electron chi connectivity index (χ1n) is 9.84. The third-order valence-corrected chi connectivity index (χ3v) is 5.65. The quantitative estimate of drug-likeness (QED) is 0.654. The number of hydrogen-bond acceptors (Lipinski definition) is 4. The zero-order valence-electron chi connectivity index (χ0n) is 16.4. The van der Waals surface area contributed by atoms with Crippen molar-refractivity contribution < 1.29 is 18.8 Å². The van der Waals surface area contributed by atoms with Gasteiger partial charge in [-0.2, -0.15) is 5.10 Å². The summed E-state index contributed by atoms with van der Waals surface area (Å²) in [6.45, 7) is 0.999. The van der Waals surface area contributed by atoms with Crippen LogP contribution < -0.4 is 15.5 Å². The Morgan fingerprint density at radius 1 is 0.935 bits per heavy atom. The molecule has 2 N–H and O–H groups in total. The van der Waals surface area contributed by atoms with Crippen LogP contribution >= 0.6 is 0 Å². The number of hydrogen-bond donors (Lipinski definition) is 1. The minimum absolute atomic E-state index is 0.0297. The summed E-state index contributed by atoms with van der Waals surface area (Å²) in [5, 5.41) is 4.18. The first-order chi connectivity index (χ1) is 15.0. The predicted molar refractivity (Wildman–Crippen MR) is 111 cm³/mol. The number of para-hydroxylation sites is 1. The molecule has 3 heterocycles. The van der Waals surface area contributed by atoms with Gasteiger partial charge in [0.15, 0.2) is 5.69 Å². The van der Waals surface area contributed by atoms with Gasteiger partial charge in [0, 0.05) is 36.4 Å². The SMILES string of the molecule is NC(=O)c1nn(-c2ccccc2F)c2c1CCN(c1ccc(N3CCC3=O)cc1)C2=O. The molecule has 31 heavy (non-hydrogen) atoms. The van der Waals surface area contributed by atoms with Crippen LogP contribution in [0.25, 0.3) is 5.69 Å². The average molecular weight is 419 g/mol. The summed E-state index contributed by atoms with van der Waals surface area (Å²) < 4.78 is 15.6. The van der Waals surface area contributed by atoms with Gasteiger partial charge in [0.1, 0.15) is 17.2 Å². The van der Waals surface area contributed by atoms with Crippen molar-refractivity contribution in [1.82, 2.24) is 9.78 Å². The highest BCUT2D eigenvalue weighted by molar-refractivity contribution is 6.09. The monoisotopic (exact) mass is 419 g/mol. The van der Waals surface area contributed by atoms with Gasteiger partial charge in [-0.05, 0) is 42.8 Å². The smallest absolute Gasteiger partial charge is 0.277 e. The van der Waals surface area contributed by atoms with E-state index < -0.39 is 17.6 Å². The Morgan fingerprint density at radius 2 is 1.58 bits per heavy atom. The average Bonchev–Trinajstić information content (AvgIpc) is 3.15. The van der Waals surface area contributed by atoms with Gasteiger partial charge in [-0.15, -0.1) is 0 Å². The van der Waals surface area contributed by atoms with Crippen LogP contribution in [0.2, 0.25) is 0 Å². The van der Waals surface area contributed by atoms with E-state index in [0.29, 0.717) is 37.2 Å². The molecule has 1 saturated heterocycles. The molecule has 0 unspecified atom stereocenters. The van der Waals surface area contributed by atoms with Crippen LogP contribution in [0.3, 0.4) is 0 Å². The van der Waals surface area contributed by atoms with Crippen LogP contribution in [0.1, 0.15) is 33.0 Å². The zero-order chi connectivity index (χ0) is 21.7. The lowest BCUT2D eigenvalue weighted by Gasteiger charge is -2.32. The lowest BCUT2D eigenvalue weighted by Crippen LogP contribution is -2.43. The molecule has 2 aliphatic rings. The van der Waals surface area contributed by atoms with Crippen molar-refractivity contribution in [2.45, 2.75) is 12.8 Å². The number of β-lactam (4-membered cyclic amide) rings is 1. The van der Waals surface area contributed by atoms with Gasteiger partial charge in [0.05, 0.1) is 0 Å². The Labute approximate surface area is 176 Å². The maximum Gasteiger partial charge on any atom is 0.277 e. The Hall–Kier alpha value is -4.01. The second-order valence-corrected chi connectivity index (χ2v) is 7.42. The van der Waals surface area contributed by atoms with Gasteiger partial charge in [-0.3, -0.25) is 14.4 Å². The van der Waals surface area contributed by atoms with Crippen molar-refractivity contribution in [3.63, 3.8) is 0 Å². The van der Waals surface area contributed by atoms with Gasteiger partial charge < -0.3 is 15.5 Å². The van der Waals surface area contributed by atoms with Crippen molar-refractivity contribution in [2.24, 2.45) is 5.73 Å². The van der Waals surface area contributed by atoms with Crippen molar-refractivity contribution in [3.05, 3.63) is 71.3 Å². The molecule has 2 aromatic carbocycles. The third kappa shape index (κ3) is 2.97. The Bertz CT molecular complexity index is 1230. The minimum atomic E-state index is -0.767. The molecule has 0 saturated carbocycles. The molecular weight excluding hydrogens is 401 g/mol. The molecule has 0 spiro atoms. The highest BCUT2D eigenvalue weighted by atomic mass is 19.1. The number of carbonyl (C=O) groups excluding carboxylic acids is 3. The zero-order valence-corrected chi connectivity index (χ0v) is 16.4. The molecule has 8 nitrogen and oxygen atoms in total. The van der Waals surface area contributed by atoms with E-state index in [1.54, 1.807) is 40.1 Å². The predicted octanol–water partition coefficient (Wildman–Crippen LogP) is 2.05. The number of benzene rings is 2. The number of rotatable bonds is 4. The van der Waals surface area contributed by atoms with E-state index in [-0.39, 0.29) is 23.0 Å². The standard InChI is InChI=1S/C22H18FN5O3/c23-16-3-1-2-4-17(16)28-20-15(19(25-28)21(24)30)9-11-27(22(20)31)14-7-5-13(6-8-14)26-12-10-18(26)29/h1-8H,9-12H2,(H2,24,30). The number of nitrogens with zero attached hydrogens (tertiary/aromatic N) is 4. The van der Waals surface area contributed by atoms with E-state index in [1.165, 1.54) is 18.2 Å². The summed E-state index contributed by atoms with van der Waals surface area (Å²) in [6.07, 6.45) is 0.886. The topological polar surface area (TPSA) is 102 Å². The largest absolute Gasteiger partial charge is 0.364 e. The molecule has 2 aliphatic heterocycles. The Morgan fingerprint density at radius 3 is 2.16 bits per heavy atom. The Kier molecular flexibility index (Phi) is 4.32. The van der Waals surface area contributed by atoms with Crippen molar-refractivity contribution in [3.8, 4) is 5.69 Å². The molecule has 156 valence electrons. The van der Waals surface area contributed by atoms with Crippen LogP contribution in [-0.2, 0) is 11.2 Å². The summed E-state index contributed by atoms with van der Waals surface area (Å²) in [4.78, 5) is 40.2. The third-order valence-electron chi connectivity index (χ3n) is 5.65. The maximum absolute atomic E-state index is 14.5. The summed E-state index contributed by atoms with van der Waals surface area (Å²) >= 11 is 0.